The van der Waals surface area contributed by atoms with Gasteiger partial charge in [0.15, 0.2) is 11.6 Å². The Kier molecular flexibility index (Phi) is 3.23. The van der Waals surface area contributed by atoms with Crippen LogP contribution in [-0.4, -0.2) is 25.2 Å². The summed E-state index contributed by atoms with van der Waals surface area (Å²) in [6, 6.07) is 0. The smallest absolute Gasteiger partial charge is 0.171 e. The Labute approximate surface area is 131 Å². The molecular weight excluding hydrogens is 274 g/mol. The van der Waals surface area contributed by atoms with Crippen LogP contribution in [0.25, 0.3) is 0 Å². The van der Waals surface area contributed by atoms with Gasteiger partial charge in [-0.05, 0) is 26.4 Å². The van der Waals surface area contributed by atoms with Gasteiger partial charge in [-0.15, -0.1) is 0 Å². The third-order valence-electron chi connectivity index (χ3n) is 5.88. The van der Waals surface area contributed by atoms with Gasteiger partial charge in [-0.3, -0.25) is 9.59 Å². The first-order valence-electron chi connectivity index (χ1n) is 8.57. The summed E-state index contributed by atoms with van der Waals surface area (Å²) in [6.07, 6.45) is 13.7. The van der Waals surface area contributed by atoms with Crippen LogP contribution in [-0.2, 0) is 9.59 Å². The zero-order valence-electron chi connectivity index (χ0n) is 13.1. The van der Waals surface area contributed by atoms with E-state index < -0.39 is 5.41 Å². The molecule has 116 valence electrons. The van der Waals surface area contributed by atoms with E-state index in [4.69, 9.17) is 0 Å². The first-order chi connectivity index (χ1) is 10.7. The topological polar surface area (TPSA) is 46.2 Å². The molecule has 0 radical (unpaired) electrons. The number of carbonyl (C=O) groups excluding carboxylic acids is 2. The summed E-state index contributed by atoms with van der Waals surface area (Å²) >= 11 is 0. The molecule has 1 spiro atoms. The number of hydrogen-bond acceptors (Lipinski definition) is 3. The Morgan fingerprint density at radius 3 is 2.73 bits per heavy atom. The normalized spacial score (nSPS) is 37.0. The van der Waals surface area contributed by atoms with Gasteiger partial charge in [0.2, 0.25) is 0 Å². The van der Waals surface area contributed by atoms with E-state index in [-0.39, 0.29) is 29.3 Å². The summed E-state index contributed by atoms with van der Waals surface area (Å²) < 4.78 is 0. The van der Waals surface area contributed by atoms with Gasteiger partial charge < -0.3 is 5.32 Å². The third-order valence-corrected chi connectivity index (χ3v) is 5.88. The molecule has 0 bridgehead atoms. The second-order valence-electron chi connectivity index (χ2n) is 7.06. The molecule has 0 amide bonds. The van der Waals surface area contributed by atoms with E-state index in [1.165, 1.54) is 19.3 Å². The molecule has 1 fully saturated rings. The molecule has 4 unspecified atom stereocenters. The van der Waals surface area contributed by atoms with E-state index in [9.17, 15) is 9.59 Å². The minimum absolute atomic E-state index is 0.0746. The van der Waals surface area contributed by atoms with Gasteiger partial charge in [-0.25, -0.2) is 0 Å². The van der Waals surface area contributed by atoms with Crippen LogP contribution < -0.4 is 5.32 Å². The molecule has 3 nitrogen and oxygen atoms in total. The van der Waals surface area contributed by atoms with Gasteiger partial charge in [0.25, 0.3) is 0 Å². The molecule has 0 aliphatic heterocycles. The van der Waals surface area contributed by atoms with E-state index >= 15 is 0 Å². The van der Waals surface area contributed by atoms with Crippen molar-refractivity contribution in [3.8, 4) is 0 Å². The highest BCUT2D eigenvalue weighted by atomic mass is 16.1. The summed E-state index contributed by atoms with van der Waals surface area (Å²) in [5.74, 6) is 0.808. The average molecular weight is 297 g/mol. The Hall–Kier alpha value is -1.48. The fourth-order valence-corrected chi connectivity index (χ4v) is 4.61. The molecule has 4 aliphatic carbocycles. The number of rotatable bonds is 7. The molecule has 0 aromatic heterocycles. The molecule has 3 heteroatoms. The van der Waals surface area contributed by atoms with Crippen molar-refractivity contribution in [3.05, 3.63) is 35.5 Å². The fraction of sp³-hybridized carbons (Fsp3) is 0.579. The van der Waals surface area contributed by atoms with Crippen LogP contribution in [0.2, 0.25) is 0 Å². The molecule has 0 saturated heterocycles. The molecule has 1 N–H and O–H groups in total. The zero-order chi connectivity index (χ0) is 15.3. The highest BCUT2D eigenvalue weighted by molar-refractivity contribution is 6.26. The second kappa shape index (κ2) is 5.02. The number of carbonyl (C=O) groups is 2. The van der Waals surface area contributed by atoms with Crippen molar-refractivity contribution in [2.24, 2.45) is 23.2 Å². The molecule has 4 aliphatic rings. The van der Waals surface area contributed by atoms with Crippen molar-refractivity contribution in [1.29, 1.82) is 0 Å². The molecule has 0 aromatic carbocycles. The lowest BCUT2D eigenvalue weighted by Crippen LogP contribution is -2.22. The number of Topliss-reactive ketones (excluding diaryl/α,β-unsaturated/α-hetero) is 2. The SMILES string of the molecule is CNCCCCCCC1C2=C1C(=O)C13C=CC=CC1C3C2=O. The van der Waals surface area contributed by atoms with Crippen molar-refractivity contribution >= 4 is 11.6 Å². The monoisotopic (exact) mass is 297 g/mol. The van der Waals surface area contributed by atoms with Crippen LogP contribution in [0.3, 0.4) is 0 Å². The summed E-state index contributed by atoms with van der Waals surface area (Å²) in [4.78, 5) is 25.4. The predicted molar refractivity (Wildman–Crippen MR) is 85.2 cm³/mol. The number of nitrogens with one attached hydrogen (secondary N) is 1. The minimum Gasteiger partial charge on any atom is -0.320 e. The largest absolute Gasteiger partial charge is 0.320 e. The standard InChI is InChI=1S/C19H23NO2/c1-20-11-7-3-2-4-8-12-14-15(12)18(22)19-10-6-5-9-13(19)16(19)17(14)21/h5-6,9-10,12-13,16,20H,2-4,7-8,11H2,1H3. The first-order valence-corrected chi connectivity index (χ1v) is 8.57. The van der Waals surface area contributed by atoms with E-state index in [1.807, 2.05) is 31.4 Å². The molecule has 4 rings (SSSR count). The van der Waals surface area contributed by atoms with E-state index in [1.54, 1.807) is 0 Å². The Morgan fingerprint density at radius 1 is 1.09 bits per heavy atom. The number of fused-ring (bicyclic) bond motifs is 1. The van der Waals surface area contributed by atoms with Gasteiger partial charge >= 0.3 is 0 Å². The third kappa shape index (κ3) is 1.78. The quantitative estimate of drug-likeness (QED) is 0.735. The van der Waals surface area contributed by atoms with Gasteiger partial charge in [0.1, 0.15) is 0 Å². The Bertz CT molecular complexity index is 627. The molecule has 22 heavy (non-hydrogen) atoms. The summed E-state index contributed by atoms with van der Waals surface area (Å²) in [6.45, 7) is 1.07. The number of ketones is 2. The second-order valence-corrected chi connectivity index (χ2v) is 7.06. The summed E-state index contributed by atoms with van der Waals surface area (Å²) in [7, 11) is 1.98. The van der Waals surface area contributed by atoms with Crippen molar-refractivity contribution in [2.75, 3.05) is 13.6 Å². The molecule has 0 aromatic rings. The Morgan fingerprint density at radius 2 is 1.91 bits per heavy atom. The van der Waals surface area contributed by atoms with Crippen LogP contribution in [0.15, 0.2) is 35.5 Å². The van der Waals surface area contributed by atoms with Crippen LogP contribution in [0, 0.1) is 23.2 Å². The van der Waals surface area contributed by atoms with E-state index in [2.05, 4.69) is 5.32 Å². The van der Waals surface area contributed by atoms with E-state index in [0.717, 1.165) is 30.5 Å². The van der Waals surface area contributed by atoms with Crippen LogP contribution in [0.1, 0.15) is 32.1 Å². The summed E-state index contributed by atoms with van der Waals surface area (Å²) in [5, 5.41) is 3.16. The van der Waals surface area contributed by atoms with Crippen LogP contribution in [0.5, 0.6) is 0 Å². The van der Waals surface area contributed by atoms with E-state index in [0.29, 0.717) is 0 Å². The van der Waals surface area contributed by atoms with Crippen LogP contribution >= 0.6 is 0 Å². The zero-order valence-corrected chi connectivity index (χ0v) is 13.1. The molecule has 1 saturated carbocycles. The highest BCUT2D eigenvalue weighted by Crippen LogP contribution is 2.71. The maximum absolute atomic E-state index is 12.8. The lowest BCUT2D eigenvalue weighted by molar-refractivity contribution is -0.123. The van der Waals surface area contributed by atoms with Crippen molar-refractivity contribution in [2.45, 2.75) is 32.1 Å². The van der Waals surface area contributed by atoms with Gasteiger partial charge in [0, 0.05) is 28.9 Å². The molecule has 0 heterocycles. The number of allylic oxidation sites excluding steroid dienone is 6. The highest BCUT2D eigenvalue weighted by Gasteiger charge is 2.76. The average Bonchev–Trinajstić information content (AvgIpc) is 3.40. The molecular formula is C19H23NO2. The maximum Gasteiger partial charge on any atom is 0.171 e. The Balaban J connectivity index is 1.34. The van der Waals surface area contributed by atoms with Crippen molar-refractivity contribution in [1.82, 2.24) is 5.32 Å². The molecule has 4 atom stereocenters. The number of hydrogen-bond donors (Lipinski definition) is 1. The predicted octanol–water partition coefficient (Wildman–Crippen LogP) is 2.59. The first kappa shape index (κ1) is 14.1. The van der Waals surface area contributed by atoms with Gasteiger partial charge in [-0.1, -0.05) is 43.6 Å². The van der Waals surface area contributed by atoms with Gasteiger partial charge in [0.05, 0.1) is 5.41 Å². The van der Waals surface area contributed by atoms with Crippen molar-refractivity contribution < 1.29 is 9.59 Å². The number of unbranched alkanes of at least 4 members (excludes halogenated alkanes) is 3. The maximum atomic E-state index is 12.8. The lowest BCUT2D eigenvalue weighted by atomic mass is 9.88. The summed E-state index contributed by atoms with van der Waals surface area (Å²) in [5.41, 5.74) is 1.32. The van der Waals surface area contributed by atoms with Crippen LogP contribution in [0.4, 0.5) is 0 Å². The van der Waals surface area contributed by atoms with Crippen molar-refractivity contribution in [3.63, 3.8) is 0 Å². The van der Waals surface area contributed by atoms with Gasteiger partial charge in [-0.2, -0.15) is 0 Å². The fourth-order valence-electron chi connectivity index (χ4n) is 4.61. The lowest BCUT2D eigenvalue weighted by Gasteiger charge is -2.12. The minimum atomic E-state index is -0.466.